The van der Waals surface area contributed by atoms with E-state index in [1.165, 1.54) is 5.56 Å². The quantitative estimate of drug-likeness (QED) is 0.733. The van der Waals surface area contributed by atoms with Gasteiger partial charge in [-0.05, 0) is 43.8 Å². The van der Waals surface area contributed by atoms with Crippen molar-refractivity contribution >= 4 is 10.0 Å². The predicted molar refractivity (Wildman–Crippen MR) is 93.7 cm³/mol. The van der Waals surface area contributed by atoms with Crippen molar-refractivity contribution in [2.24, 2.45) is 0 Å². The number of nitrogens with one attached hydrogen (secondary N) is 1. The fourth-order valence-electron chi connectivity index (χ4n) is 2.37. The minimum atomic E-state index is -3.75. The van der Waals surface area contributed by atoms with Crippen molar-refractivity contribution in [2.45, 2.75) is 17.9 Å². The third-order valence-electron chi connectivity index (χ3n) is 3.67. The fraction of sp³-hybridized carbons (Fsp3) is 0.278. The molecule has 0 spiro atoms. The van der Waals surface area contributed by atoms with Gasteiger partial charge in [-0.25, -0.2) is 17.5 Å². The largest absolute Gasteiger partial charge is 0.302 e. The molecule has 2 rings (SSSR count). The number of nitriles is 1. The third kappa shape index (κ3) is 5.64. The van der Waals surface area contributed by atoms with Gasteiger partial charge in [-0.2, -0.15) is 5.26 Å². The van der Waals surface area contributed by atoms with Crippen LogP contribution < -0.4 is 4.72 Å². The van der Waals surface area contributed by atoms with Gasteiger partial charge in [0.15, 0.2) is 0 Å². The molecular formula is C18H20FN3O2S. The zero-order chi connectivity index (χ0) is 18.3. The van der Waals surface area contributed by atoms with Gasteiger partial charge >= 0.3 is 0 Å². The molecule has 0 amide bonds. The van der Waals surface area contributed by atoms with Crippen LogP contribution in [-0.2, 0) is 16.6 Å². The standard InChI is InChI=1S/C18H20FN3O2S/c1-22(14-15-6-3-2-4-7-15)11-5-10-21-25(23,24)17-8-9-18(19)16(12-17)13-20/h2-4,6-9,12,21H,5,10-11,14H2,1H3. The van der Waals surface area contributed by atoms with Crippen molar-refractivity contribution < 1.29 is 12.8 Å². The van der Waals surface area contributed by atoms with E-state index in [0.29, 0.717) is 6.42 Å². The zero-order valence-electron chi connectivity index (χ0n) is 13.9. The monoisotopic (exact) mass is 361 g/mol. The Hall–Kier alpha value is -2.27. The Morgan fingerprint density at radius 1 is 1.20 bits per heavy atom. The highest BCUT2D eigenvalue weighted by Gasteiger charge is 2.15. The van der Waals surface area contributed by atoms with E-state index in [4.69, 9.17) is 5.26 Å². The van der Waals surface area contributed by atoms with Crippen molar-refractivity contribution in [3.63, 3.8) is 0 Å². The van der Waals surface area contributed by atoms with Gasteiger partial charge in [0.2, 0.25) is 10.0 Å². The number of rotatable bonds is 8. The summed E-state index contributed by atoms with van der Waals surface area (Å²) in [5, 5.41) is 8.79. The molecule has 0 bridgehead atoms. The highest BCUT2D eigenvalue weighted by atomic mass is 32.2. The number of benzene rings is 2. The molecule has 0 unspecified atom stereocenters. The Kier molecular flexibility index (Phi) is 6.65. The normalized spacial score (nSPS) is 11.4. The first-order valence-corrected chi connectivity index (χ1v) is 9.32. The van der Waals surface area contributed by atoms with Crippen LogP contribution in [0.2, 0.25) is 0 Å². The Morgan fingerprint density at radius 2 is 1.92 bits per heavy atom. The van der Waals surface area contributed by atoms with E-state index < -0.39 is 15.8 Å². The Balaban J connectivity index is 1.83. The molecule has 0 fully saturated rings. The van der Waals surface area contributed by atoms with E-state index in [1.807, 2.05) is 37.4 Å². The lowest BCUT2D eigenvalue weighted by molar-refractivity contribution is 0.322. The first-order chi connectivity index (χ1) is 11.9. The molecule has 0 radical (unpaired) electrons. The van der Waals surface area contributed by atoms with Crippen LogP contribution >= 0.6 is 0 Å². The molecule has 0 aliphatic carbocycles. The van der Waals surface area contributed by atoms with Crippen LogP contribution in [0.4, 0.5) is 4.39 Å². The topological polar surface area (TPSA) is 73.2 Å². The highest BCUT2D eigenvalue weighted by molar-refractivity contribution is 7.89. The molecular weight excluding hydrogens is 341 g/mol. The van der Waals surface area contributed by atoms with Gasteiger partial charge in [0, 0.05) is 13.1 Å². The number of hydrogen-bond donors (Lipinski definition) is 1. The second kappa shape index (κ2) is 8.72. The van der Waals surface area contributed by atoms with Crippen molar-refractivity contribution in [2.75, 3.05) is 20.1 Å². The number of sulfonamides is 1. The lowest BCUT2D eigenvalue weighted by Crippen LogP contribution is -2.28. The maximum atomic E-state index is 13.3. The molecule has 5 nitrogen and oxygen atoms in total. The van der Waals surface area contributed by atoms with Gasteiger partial charge in [0.05, 0.1) is 10.5 Å². The Labute approximate surface area is 147 Å². The molecule has 0 aliphatic heterocycles. The van der Waals surface area contributed by atoms with Crippen LogP contribution in [0.3, 0.4) is 0 Å². The number of nitrogens with zero attached hydrogens (tertiary/aromatic N) is 2. The van der Waals surface area contributed by atoms with Gasteiger partial charge in [0.1, 0.15) is 11.9 Å². The molecule has 1 N–H and O–H groups in total. The Morgan fingerprint density at radius 3 is 2.60 bits per heavy atom. The predicted octanol–water partition coefficient (Wildman–Crippen LogP) is 2.50. The molecule has 2 aromatic rings. The van der Waals surface area contributed by atoms with Crippen LogP contribution in [0.1, 0.15) is 17.5 Å². The van der Waals surface area contributed by atoms with Crippen LogP contribution in [0, 0.1) is 17.1 Å². The van der Waals surface area contributed by atoms with Crippen molar-refractivity contribution in [1.82, 2.24) is 9.62 Å². The van der Waals surface area contributed by atoms with Crippen LogP contribution in [0.15, 0.2) is 53.4 Å². The maximum Gasteiger partial charge on any atom is 0.240 e. The van der Waals surface area contributed by atoms with Crippen LogP contribution in [-0.4, -0.2) is 33.5 Å². The summed E-state index contributed by atoms with van der Waals surface area (Å²) < 4.78 is 40.1. The molecule has 0 aromatic heterocycles. The molecule has 2 aromatic carbocycles. The average molecular weight is 361 g/mol. The van der Waals surface area contributed by atoms with Gasteiger partial charge in [-0.3, -0.25) is 0 Å². The minimum Gasteiger partial charge on any atom is -0.302 e. The van der Waals surface area contributed by atoms with Crippen LogP contribution in [0.25, 0.3) is 0 Å². The summed E-state index contributed by atoms with van der Waals surface area (Å²) in [6, 6.07) is 14.8. The number of hydrogen-bond acceptors (Lipinski definition) is 4. The highest BCUT2D eigenvalue weighted by Crippen LogP contribution is 2.14. The molecule has 7 heteroatoms. The molecule has 25 heavy (non-hydrogen) atoms. The second-order valence-corrected chi connectivity index (χ2v) is 7.50. The first-order valence-electron chi connectivity index (χ1n) is 7.84. The van der Waals surface area contributed by atoms with Crippen molar-refractivity contribution in [1.29, 1.82) is 5.26 Å². The second-order valence-electron chi connectivity index (χ2n) is 5.73. The molecule has 132 valence electrons. The zero-order valence-corrected chi connectivity index (χ0v) is 14.8. The van der Waals surface area contributed by atoms with E-state index in [1.54, 1.807) is 6.07 Å². The summed E-state index contributed by atoms with van der Waals surface area (Å²) in [5.74, 6) is -0.732. The average Bonchev–Trinajstić information content (AvgIpc) is 2.60. The minimum absolute atomic E-state index is 0.108. The van der Waals surface area contributed by atoms with E-state index in [9.17, 15) is 12.8 Å². The summed E-state index contributed by atoms with van der Waals surface area (Å²) in [4.78, 5) is 2.00. The van der Waals surface area contributed by atoms with Crippen LogP contribution in [0.5, 0.6) is 0 Å². The van der Waals surface area contributed by atoms with Crippen molar-refractivity contribution in [3.8, 4) is 6.07 Å². The summed E-state index contributed by atoms with van der Waals surface area (Å²) >= 11 is 0. The number of halogens is 1. The molecule has 0 aliphatic rings. The molecule has 0 atom stereocenters. The molecule has 0 heterocycles. The van der Waals surface area contributed by atoms with E-state index >= 15 is 0 Å². The van der Waals surface area contributed by atoms with E-state index in [2.05, 4.69) is 9.62 Å². The van der Waals surface area contributed by atoms with Gasteiger partial charge in [-0.15, -0.1) is 0 Å². The fourth-order valence-corrected chi connectivity index (χ4v) is 3.47. The SMILES string of the molecule is CN(CCCNS(=O)(=O)c1ccc(F)c(C#N)c1)Cc1ccccc1. The van der Waals surface area contributed by atoms with Gasteiger partial charge < -0.3 is 4.90 Å². The summed E-state index contributed by atoms with van der Waals surface area (Å²) in [6.45, 7) is 1.78. The van der Waals surface area contributed by atoms with Gasteiger partial charge in [0.25, 0.3) is 0 Å². The lowest BCUT2D eigenvalue weighted by Gasteiger charge is -2.16. The van der Waals surface area contributed by atoms with Crippen molar-refractivity contribution in [3.05, 3.63) is 65.5 Å². The lowest BCUT2D eigenvalue weighted by atomic mass is 10.2. The summed E-state index contributed by atoms with van der Waals surface area (Å²) in [6.07, 6.45) is 0.634. The smallest absolute Gasteiger partial charge is 0.240 e. The molecule has 0 saturated heterocycles. The third-order valence-corrected chi connectivity index (χ3v) is 5.13. The van der Waals surface area contributed by atoms with Gasteiger partial charge in [-0.1, -0.05) is 30.3 Å². The first kappa shape index (κ1) is 19.1. The van der Waals surface area contributed by atoms with E-state index in [-0.39, 0.29) is 17.0 Å². The Bertz CT molecular complexity index is 848. The molecule has 0 saturated carbocycles. The summed E-state index contributed by atoms with van der Waals surface area (Å²) in [7, 11) is -1.78. The summed E-state index contributed by atoms with van der Waals surface area (Å²) in [5.41, 5.74) is 0.909. The maximum absolute atomic E-state index is 13.3. The van der Waals surface area contributed by atoms with E-state index in [0.717, 1.165) is 31.3 Å².